The van der Waals surface area contributed by atoms with E-state index in [1.807, 2.05) is 31.4 Å². The Hall–Kier alpha value is -3.26. The van der Waals surface area contributed by atoms with E-state index in [2.05, 4.69) is 20.6 Å². The lowest BCUT2D eigenvalue weighted by molar-refractivity contribution is -0.124. The molecule has 3 aromatic rings. The minimum atomic E-state index is -0.679. The molecule has 156 valence electrons. The van der Waals surface area contributed by atoms with Crippen LogP contribution in [0.15, 0.2) is 54.2 Å². The third kappa shape index (κ3) is 5.21. The van der Waals surface area contributed by atoms with Crippen molar-refractivity contribution in [2.45, 2.75) is 26.4 Å². The molecule has 2 aromatic heterocycles. The summed E-state index contributed by atoms with van der Waals surface area (Å²) in [6.07, 6.45) is 3.43. The molecule has 0 aliphatic carbocycles. The van der Waals surface area contributed by atoms with Gasteiger partial charge in [-0.05, 0) is 30.2 Å². The average molecular weight is 425 g/mol. The van der Waals surface area contributed by atoms with Crippen molar-refractivity contribution < 1.29 is 14.3 Å². The van der Waals surface area contributed by atoms with E-state index < -0.39 is 6.04 Å². The zero-order valence-electron chi connectivity index (χ0n) is 17.1. The molecule has 8 heteroatoms. The molecule has 0 spiro atoms. The molecule has 0 fully saturated rings. The van der Waals surface area contributed by atoms with Crippen molar-refractivity contribution in [3.8, 4) is 17.0 Å². The number of aromatic nitrogens is 2. The highest BCUT2D eigenvalue weighted by atomic mass is 32.1. The van der Waals surface area contributed by atoms with Gasteiger partial charge in [0.15, 0.2) is 0 Å². The van der Waals surface area contributed by atoms with Gasteiger partial charge in [0.2, 0.25) is 5.91 Å². The SMILES string of the molecule is COc1ccccc1C(=O)NC(C(=O)NCc1nc(-c2ccncc2)cs1)C(C)C. The van der Waals surface area contributed by atoms with E-state index in [4.69, 9.17) is 4.74 Å². The van der Waals surface area contributed by atoms with E-state index >= 15 is 0 Å². The summed E-state index contributed by atoms with van der Waals surface area (Å²) in [5.41, 5.74) is 2.21. The first-order valence-corrected chi connectivity index (χ1v) is 10.4. The minimum absolute atomic E-state index is 0.0904. The second-order valence-electron chi connectivity index (χ2n) is 6.98. The highest BCUT2D eigenvalue weighted by Crippen LogP contribution is 2.21. The number of nitrogens with one attached hydrogen (secondary N) is 2. The first-order chi connectivity index (χ1) is 14.5. The molecule has 1 atom stereocenters. The number of para-hydroxylation sites is 1. The van der Waals surface area contributed by atoms with Crippen molar-refractivity contribution in [2.75, 3.05) is 7.11 Å². The molecule has 0 aliphatic heterocycles. The predicted molar refractivity (Wildman–Crippen MR) is 116 cm³/mol. The number of carbonyl (C=O) groups is 2. The van der Waals surface area contributed by atoms with E-state index in [9.17, 15) is 9.59 Å². The van der Waals surface area contributed by atoms with Crippen molar-refractivity contribution in [3.05, 3.63) is 64.7 Å². The normalized spacial score (nSPS) is 11.7. The summed E-state index contributed by atoms with van der Waals surface area (Å²) in [6.45, 7) is 4.07. The lowest BCUT2D eigenvalue weighted by atomic mass is 10.0. The Morgan fingerprint density at radius 1 is 1.13 bits per heavy atom. The van der Waals surface area contributed by atoms with Crippen molar-refractivity contribution in [1.82, 2.24) is 20.6 Å². The summed E-state index contributed by atoms with van der Waals surface area (Å²) in [6, 6.07) is 10.0. The van der Waals surface area contributed by atoms with Crippen LogP contribution in [0.2, 0.25) is 0 Å². The number of methoxy groups -OCH3 is 1. The molecule has 0 saturated carbocycles. The number of nitrogens with zero attached hydrogens (tertiary/aromatic N) is 2. The van der Waals surface area contributed by atoms with Crippen molar-refractivity contribution in [3.63, 3.8) is 0 Å². The van der Waals surface area contributed by atoms with Crippen LogP contribution in [0.4, 0.5) is 0 Å². The number of pyridine rings is 1. The van der Waals surface area contributed by atoms with Gasteiger partial charge in [-0.1, -0.05) is 26.0 Å². The summed E-state index contributed by atoms with van der Waals surface area (Å²) in [4.78, 5) is 34.0. The number of carbonyl (C=O) groups excluding carboxylic acids is 2. The second-order valence-corrected chi connectivity index (χ2v) is 7.92. The summed E-state index contributed by atoms with van der Waals surface area (Å²) >= 11 is 1.47. The molecule has 7 nitrogen and oxygen atoms in total. The molecule has 30 heavy (non-hydrogen) atoms. The largest absolute Gasteiger partial charge is 0.496 e. The molecule has 2 N–H and O–H groups in total. The van der Waals surface area contributed by atoms with Gasteiger partial charge in [-0.15, -0.1) is 11.3 Å². The average Bonchev–Trinajstić information content (AvgIpc) is 3.25. The van der Waals surface area contributed by atoms with Gasteiger partial charge in [-0.3, -0.25) is 14.6 Å². The first-order valence-electron chi connectivity index (χ1n) is 9.56. The highest BCUT2D eigenvalue weighted by molar-refractivity contribution is 7.09. The van der Waals surface area contributed by atoms with Crippen LogP contribution in [-0.4, -0.2) is 34.9 Å². The number of amides is 2. The van der Waals surface area contributed by atoms with Crippen molar-refractivity contribution in [2.24, 2.45) is 5.92 Å². The Morgan fingerprint density at radius 2 is 1.87 bits per heavy atom. The Labute approximate surface area is 179 Å². The topological polar surface area (TPSA) is 93.2 Å². The number of hydrogen-bond acceptors (Lipinski definition) is 6. The number of hydrogen-bond donors (Lipinski definition) is 2. The third-order valence-electron chi connectivity index (χ3n) is 4.53. The predicted octanol–water partition coefficient (Wildman–Crippen LogP) is 3.28. The second kappa shape index (κ2) is 9.98. The number of rotatable bonds is 8. The lowest BCUT2D eigenvalue weighted by Gasteiger charge is -2.22. The van der Waals surface area contributed by atoms with Crippen molar-refractivity contribution >= 4 is 23.2 Å². The van der Waals surface area contributed by atoms with E-state index in [0.717, 1.165) is 16.3 Å². The number of ether oxygens (including phenoxy) is 1. The van der Waals surface area contributed by atoms with Crippen LogP contribution in [0.5, 0.6) is 5.75 Å². The molecule has 1 unspecified atom stereocenters. The number of thiazole rings is 1. The molecular weight excluding hydrogens is 400 g/mol. The van der Waals surface area contributed by atoms with Gasteiger partial charge < -0.3 is 15.4 Å². The van der Waals surface area contributed by atoms with Crippen LogP contribution in [0.25, 0.3) is 11.3 Å². The fourth-order valence-corrected chi connectivity index (χ4v) is 3.65. The van der Waals surface area contributed by atoms with E-state index in [1.165, 1.54) is 18.4 Å². The highest BCUT2D eigenvalue weighted by Gasteiger charge is 2.25. The Bertz CT molecular complexity index is 1000. The van der Waals surface area contributed by atoms with E-state index in [0.29, 0.717) is 17.9 Å². The van der Waals surface area contributed by atoms with Crippen LogP contribution in [-0.2, 0) is 11.3 Å². The van der Waals surface area contributed by atoms with Gasteiger partial charge in [0, 0.05) is 23.3 Å². The van der Waals surface area contributed by atoms with E-state index in [-0.39, 0.29) is 17.7 Å². The van der Waals surface area contributed by atoms with Gasteiger partial charge in [-0.2, -0.15) is 0 Å². The third-order valence-corrected chi connectivity index (χ3v) is 5.38. The van der Waals surface area contributed by atoms with Gasteiger partial charge in [0.1, 0.15) is 16.8 Å². The summed E-state index contributed by atoms with van der Waals surface area (Å²) < 4.78 is 5.24. The monoisotopic (exact) mass is 424 g/mol. The molecule has 0 aliphatic rings. The maximum absolute atomic E-state index is 12.8. The molecule has 1 aromatic carbocycles. The van der Waals surface area contributed by atoms with E-state index in [1.54, 1.807) is 36.7 Å². The van der Waals surface area contributed by atoms with Crippen LogP contribution >= 0.6 is 11.3 Å². The maximum atomic E-state index is 12.8. The zero-order chi connectivity index (χ0) is 21.5. The van der Waals surface area contributed by atoms with Crippen LogP contribution < -0.4 is 15.4 Å². The van der Waals surface area contributed by atoms with Crippen LogP contribution in [0.3, 0.4) is 0 Å². The number of benzene rings is 1. The fourth-order valence-electron chi connectivity index (χ4n) is 2.91. The summed E-state index contributed by atoms with van der Waals surface area (Å²) in [5.74, 6) is -0.235. The molecule has 2 heterocycles. The molecule has 3 rings (SSSR count). The fraction of sp³-hybridized carbons (Fsp3) is 0.273. The standard InChI is InChI=1S/C22H24N4O3S/c1-14(2)20(26-21(27)16-6-4-5-7-18(16)29-3)22(28)24-12-19-25-17(13-30-19)15-8-10-23-11-9-15/h4-11,13-14,20H,12H2,1-3H3,(H,24,28)(H,26,27). The smallest absolute Gasteiger partial charge is 0.255 e. The van der Waals surface area contributed by atoms with Crippen molar-refractivity contribution in [1.29, 1.82) is 0 Å². The van der Waals surface area contributed by atoms with Gasteiger partial charge in [0.25, 0.3) is 5.91 Å². The molecule has 0 bridgehead atoms. The molecule has 0 saturated heterocycles. The quantitative estimate of drug-likeness (QED) is 0.579. The lowest BCUT2D eigenvalue weighted by Crippen LogP contribution is -2.49. The Morgan fingerprint density at radius 3 is 2.57 bits per heavy atom. The Kier molecular flexibility index (Phi) is 7.13. The zero-order valence-corrected chi connectivity index (χ0v) is 17.9. The van der Waals surface area contributed by atoms with Crippen LogP contribution in [0.1, 0.15) is 29.2 Å². The Balaban J connectivity index is 1.63. The molecule has 0 radical (unpaired) electrons. The van der Waals surface area contributed by atoms with Gasteiger partial charge in [-0.25, -0.2) is 4.98 Å². The molecular formula is C22H24N4O3S. The van der Waals surface area contributed by atoms with Crippen LogP contribution in [0, 0.1) is 5.92 Å². The summed E-state index contributed by atoms with van der Waals surface area (Å²) in [5, 5.41) is 8.43. The van der Waals surface area contributed by atoms with Gasteiger partial charge in [0.05, 0.1) is 24.9 Å². The van der Waals surface area contributed by atoms with Gasteiger partial charge >= 0.3 is 0 Å². The minimum Gasteiger partial charge on any atom is -0.496 e. The summed E-state index contributed by atoms with van der Waals surface area (Å²) in [7, 11) is 1.51. The molecule has 2 amide bonds. The first kappa shape index (κ1) is 21.4. The maximum Gasteiger partial charge on any atom is 0.255 e.